The third-order valence-electron chi connectivity index (χ3n) is 4.88. The van der Waals surface area contributed by atoms with Crippen molar-refractivity contribution >= 4 is 28.0 Å². The first-order valence-corrected chi connectivity index (χ1v) is 11.2. The average molecular weight is 461 g/mol. The quantitative estimate of drug-likeness (QED) is 0.450. The van der Waals surface area contributed by atoms with Crippen molar-refractivity contribution in [2.24, 2.45) is 0 Å². The number of nitrogens with zero attached hydrogens (tertiary/aromatic N) is 1. The fourth-order valence-electron chi connectivity index (χ4n) is 3.24. The Bertz CT molecular complexity index is 1160. The molecule has 0 atom stereocenters. The van der Waals surface area contributed by atoms with Gasteiger partial charge in [0, 0.05) is 19.4 Å². The van der Waals surface area contributed by atoms with E-state index >= 15 is 0 Å². The topological polar surface area (TPSA) is 115 Å². The number of furan rings is 1. The van der Waals surface area contributed by atoms with Crippen LogP contribution in [-0.2, 0) is 35.6 Å². The average Bonchev–Trinajstić information content (AvgIpc) is 3.33. The number of ether oxygens (including phenoxy) is 2. The van der Waals surface area contributed by atoms with Crippen LogP contribution in [0.25, 0.3) is 6.08 Å². The molecule has 0 saturated heterocycles. The number of rotatable bonds is 9. The Morgan fingerprint density at radius 1 is 1.16 bits per heavy atom. The standard InChI is InChI=1S/C22H24N2O7S/c1-15-20(22(26)30-3)19(21(25)24(15)11-12-29-2)13-16-9-10-17(31-16)14-23-32(27,28)18-7-5-4-6-8-18/h4-10,13,23H,11-12,14H2,1-3H3/b19-13+. The Kier molecular flexibility index (Phi) is 7.29. The molecule has 10 heteroatoms. The van der Waals surface area contributed by atoms with Crippen LogP contribution < -0.4 is 4.72 Å². The molecular formula is C22H24N2O7S. The maximum absolute atomic E-state index is 12.9. The molecular weight excluding hydrogens is 436 g/mol. The monoisotopic (exact) mass is 460 g/mol. The largest absolute Gasteiger partial charge is 0.465 e. The minimum atomic E-state index is -3.69. The summed E-state index contributed by atoms with van der Waals surface area (Å²) in [6.45, 7) is 2.17. The van der Waals surface area contributed by atoms with Gasteiger partial charge in [-0.3, -0.25) is 4.79 Å². The van der Waals surface area contributed by atoms with Crippen LogP contribution in [0.4, 0.5) is 0 Å². The van der Waals surface area contributed by atoms with E-state index < -0.39 is 16.0 Å². The first-order chi connectivity index (χ1) is 15.3. The highest BCUT2D eigenvalue weighted by Crippen LogP contribution is 2.31. The van der Waals surface area contributed by atoms with Crippen molar-refractivity contribution in [3.05, 3.63) is 70.8 Å². The number of amides is 1. The van der Waals surface area contributed by atoms with Crippen LogP contribution in [0.1, 0.15) is 18.4 Å². The van der Waals surface area contributed by atoms with Crippen molar-refractivity contribution in [3.63, 3.8) is 0 Å². The molecule has 1 aromatic carbocycles. The maximum atomic E-state index is 12.9. The zero-order chi connectivity index (χ0) is 23.3. The number of methoxy groups -OCH3 is 2. The number of benzene rings is 1. The molecule has 0 aliphatic carbocycles. The van der Waals surface area contributed by atoms with Crippen LogP contribution >= 0.6 is 0 Å². The van der Waals surface area contributed by atoms with Crippen LogP contribution in [0.15, 0.2) is 68.6 Å². The Morgan fingerprint density at radius 3 is 2.53 bits per heavy atom. The van der Waals surface area contributed by atoms with E-state index in [0.29, 0.717) is 23.8 Å². The van der Waals surface area contributed by atoms with Crippen LogP contribution in [-0.4, -0.2) is 52.6 Å². The van der Waals surface area contributed by atoms with E-state index in [-0.39, 0.29) is 35.0 Å². The van der Waals surface area contributed by atoms with Crippen LogP contribution in [0.2, 0.25) is 0 Å². The smallest absolute Gasteiger partial charge is 0.340 e. The van der Waals surface area contributed by atoms with E-state index in [2.05, 4.69) is 4.72 Å². The van der Waals surface area contributed by atoms with Gasteiger partial charge in [0.2, 0.25) is 10.0 Å². The molecule has 0 saturated carbocycles. The molecule has 0 bridgehead atoms. The molecule has 2 heterocycles. The molecule has 32 heavy (non-hydrogen) atoms. The zero-order valence-electron chi connectivity index (χ0n) is 18.0. The SMILES string of the molecule is COCCN1C(=O)/C(=C/c2ccc(CNS(=O)(=O)c3ccccc3)o2)C(C(=O)OC)=C1C. The molecule has 2 aromatic rings. The summed E-state index contributed by atoms with van der Waals surface area (Å²) in [5.41, 5.74) is 0.750. The number of sulfonamides is 1. The van der Waals surface area contributed by atoms with Gasteiger partial charge in [0.1, 0.15) is 11.5 Å². The Hall–Kier alpha value is -3.21. The normalized spacial score (nSPS) is 15.7. The molecule has 170 valence electrons. The summed E-state index contributed by atoms with van der Waals surface area (Å²) >= 11 is 0. The summed E-state index contributed by atoms with van der Waals surface area (Å²) in [5.74, 6) is -0.365. The summed E-state index contributed by atoms with van der Waals surface area (Å²) in [6.07, 6.45) is 1.44. The third kappa shape index (κ3) is 4.98. The molecule has 9 nitrogen and oxygen atoms in total. The summed E-state index contributed by atoms with van der Waals surface area (Å²) in [6, 6.07) is 11.2. The van der Waals surface area contributed by atoms with Crippen LogP contribution in [0.3, 0.4) is 0 Å². The van der Waals surface area contributed by atoms with Crippen molar-refractivity contribution in [1.82, 2.24) is 9.62 Å². The van der Waals surface area contributed by atoms with E-state index in [4.69, 9.17) is 13.9 Å². The number of carbonyl (C=O) groups is 2. The molecule has 1 amide bonds. The number of hydrogen-bond donors (Lipinski definition) is 1. The first kappa shape index (κ1) is 23.5. The van der Waals surface area contributed by atoms with Gasteiger partial charge in [-0.25, -0.2) is 17.9 Å². The van der Waals surface area contributed by atoms with E-state index in [1.807, 2.05) is 0 Å². The van der Waals surface area contributed by atoms with Gasteiger partial charge in [0.15, 0.2) is 0 Å². The van der Waals surface area contributed by atoms with Gasteiger partial charge in [0.05, 0.1) is 36.3 Å². The van der Waals surface area contributed by atoms with Gasteiger partial charge in [0.25, 0.3) is 5.91 Å². The molecule has 0 unspecified atom stereocenters. The minimum Gasteiger partial charge on any atom is -0.465 e. The van der Waals surface area contributed by atoms with Gasteiger partial charge in [-0.15, -0.1) is 0 Å². The van der Waals surface area contributed by atoms with Crippen molar-refractivity contribution < 1.29 is 31.9 Å². The van der Waals surface area contributed by atoms with Gasteiger partial charge >= 0.3 is 5.97 Å². The second-order valence-corrected chi connectivity index (χ2v) is 8.67. The molecule has 0 radical (unpaired) electrons. The van der Waals surface area contributed by atoms with Crippen molar-refractivity contribution in [1.29, 1.82) is 0 Å². The molecule has 0 fully saturated rings. The molecule has 1 aliphatic rings. The zero-order valence-corrected chi connectivity index (χ0v) is 18.8. The highest BCUT2D eigenvalue weighted by Gasteiger charge is 2.37. The van der Waals surface area contributed by atoms with E-state index in [0.717, 1.165) is 0 Å². The van der Waals surface area contributed by atoms with Gasteiger partial charge in [-0.05, 0) is 37.3 Å². The molecule has 0 spiro atoms. The fraction of sp³-hybridized carbons (Fsp3) is 0.273. The predicted molar refractivity (Wildman–Crippen MR) is 115 cm³/mol. The summed E-state index contributed by atoms with van der Waals surface area (Å²) in [5, 5.41) is 0. The second-order valence-electron chi connectivity index (χ2n) is 6.90. The van der Waals surface area contributed by atoms with Crippen LogP contribution in [0.5, 0.6) is 0 Å². The number of nitrogens with one attached hydrogen (secondary N) is 1. The first-order valence-electron chi connectivity index (χ1n) is 9.74. The van der Waals surface area contributed by atoms with Crippen molar-refractivity contribution in [2.45, 2.75) is 18.4 Å². The predicted octanol–water partition coefficient (Wildman–Crippen LogP) is 2.08. The maximum Gasteiger partial charge on any atom is 0.340 e. The number of allylic oxidation sites excluding steroid dienone is 1. The lowest BCUT2D eigenvalue weighted by atomic mass is 10.1. The van der Waals surface area contributed by atoms with E-state index in [1.54, 1.807) is 37.3 Å². The lowest BCUT2D eigenvalue weighted by Crippen LogP contribution is -2.28. The lowest BCUT2D eigenvalue weighted by molar-refractivity contribution is -0.136. The third-order valence-corrected chi connectivity index (χ3v) is 6.30. The Labute approximate surface area is 186 Å². The van der Waals surface area contributed by atoms with Gasteiger partial charge in [-0.1, -0.05) is 18.2 Å². The number of hydrogen-bond acceptors (Lipinski definition) is 7. The van der Waals surface area contributed by atoms with E-state index in [9.17, 15) is 18.0 Å². The molecule has 3 rings (SSSR count). The molecule has 1 aromatic heterocycles. The lowest BCUT2D eigenvalue weighted by Gasteiger charge is -2.16. The minimum absolute atomic E-state index is 0.0764. The summed E-state index contributed by atoms with van der Waals surface area (Å²) < 4.78 is 42.7. The summed E-state index contributed by atoms with van der Waals surface area (Å²) in [4.78, 5) is 26.8. The van der Waals surface area contributed by atoms with Crippen molar-refractivity contribution in [2.75, 3.05) is 27.4 Å². The van der Waals surface area contributed by atoms with Gasteiger partial charge in [-0.2, -0.15) is 0 Å². The van der Waals surface area contributed by atoms with E-state index in [1.165, 1.54) is 37.3 Å². The highest BCUT2D eigenvalue weighted by molar-refractivity contribution is 7.89. The Balaban J connectivity index is 1.81. The highest BCUT2D eigenvalue weighted by atomic mass is 32.2. The number of carbonyl (C=O) groups excluding carboxylic acids is 2. The summed E-state index contributed by atoms with van der Waals surface area (Å²) in [7, 11) is -0.930. The molecule has 1 N–H and O–H groups in total. The van der Waals surface area contributed by atoms with Crippen molar-refractivity contribution in [3.8, 4) is 0 Å². The van der Waals surface area contributed by atoms with Crippen LogP contribution in [0, 0.1) is 0 Å². The fourth-order valence-corrected chi connectivity index (χ4v) is 4.25. The number of esters is 1. The Morgan fingerprint density at radius 2 is 1.88 bits per heavy atom. The second kappa shape index (κ2) is 9.94. The van der Waals surface area contributed by atoms with Gasteiger partial charge < -0.3 is 18.8 Å². The molecule has 1 aliphatic heterocycles.